The summed E-state index contributed by atoms with van der Waals surface area (Å²) < 4.78 is 53.7. The van der Waals surface area contributed by atoms with Crippen LogP contribution in [0.4, 0.5) is 23.2 Å². The van der Waals surface area contributed by atoms with E-state index in [4.69, 9.17) is 0 Å². The van der Waals surface area contributed by atoms with E-state index in [9.17, 15) is 22.4 Å². The van der Waals surface area contributed by atoms with Gasteiger partial charge in [-0.1, -0.05) is 0 Å². The van der Waals surface area contributed by atoms with E-state index in [1.54, 1.807) is 5.32 Å². The summed E-state index contributed by atoms with van der Waals surface area (Å²) in [6, 6.07) is 1.84. The molecule has 1 aromatic carbocycles. The van der Waals surface area contributed by atoms with Crippen LogP contribution in [0.3, 0.4) is 0 Å². The van der Waals surface area contributed by atoms with Gasteiger partial charge in [0.2, 0.25) is 0 Å². The number of alkyl halides is 3. The quantitative estimate of drug-likeness (QED) is 0.852. The number of rotatable bonds is 2. The van der Waals surface area contributed by atoms with E-state index in [0.717, 1.165) is 19.2 Å². The number of hydrogen-bond donors (Lipinski definition) is 1. The number of halogens is 5. The lowest BCUT2D eigenvalue weighted by atomic mass is 10.3. The Morgan fingerprint density at radius 3 is 2.47 bits per heavy atom. The Morgan fingerprint density at radius 2 is 2.00 bits per heavy atom. The Labute approximate surface area is 102 Å². The highest BCUT2D eigenvalue weighted by molar-refractivity contribution is 9.10. The first-order chi connectivity index (χ1) is 7.75. The Morgan fingerprint density at radius 1 is 1.41 bits per heavy atom. The van der Waals surface area contributed by atoms with Crippen molar-refractivity contribution >= 4 is 27.5 Å². The van der Waals surface area contributed by atoms with Crippen molar-refractivity contribution in [3.8, 4) is 5.75 Å². The molecule has 1 N–H and O–H groups in total. The van der Waals surface area contributed by atoms with Crippen molar-refractivity contribution in [2.24, 2.45) is 0 Å². The molecule has 0 aliphatic carbocycles. The minimum Gasteiger partial charge on any atom is -0.494 e. The number of nitrogens with one attached hydrogen (secondary N) is 1. The first-order valence-electron chi connectivity index (χ1n) is 4.17. The fraction of sp³-hybridized carbons (Fsp3) is 0.222. The lowest BCUT2D eigenvalue weighted by molar-refractivity contribution is -0.167. The smallest absolute Gasteiger partial charge is 0.471 e. The van der Waals surface area contributed by atoms with Gasteiger partial charge in [0.05, 0.1) is 12.8 Å². The molecule has 0 atom stereocenters. The normalized spacial score (nSPS) is 11.2. The van der Waals surface area contributed by atoms with Crippen molar-refractivity contribution in [2.45, 2.75) is 6.18 Å². The number of benzene rings is 1. The summed E-state index contributed by atoms with van der Waals surface area (Å²) in [6.45, 7) is 0. The van der Waals surface area contributed by atoms with Gasteiger partial charge in [0.15, 0.2) is 11.6 Å². The number of ether oxygens (including phenoxy) is 1. The molecule has 3 nitrogen and oxygen atoms in total. The zero-order chi connectivity index (χ0) is 13.2. The second kappa shape index (κ2) is 4.91. The summed E-state index contributed by atoms with van der Waals surface area (Å²) in [6.07, 6.45) is -5.01. The molecule has 0 aliphatic heterocycles. The van der Waals surface area contributed by atoms with Crippen LogP contribution >= 0.6 is 15.9 Å². The number of amides is 1. The van der Waals surface area contributed by atoms with Crippen molar-refractivity contribution in [3.05, 3.63) is 22.4 Å². The van der Waals surface area contributed by atoms with Crippen LogP contribution in [0.15, 0.2) is 16.6 Å². The first-order valence-corrected chi connectivity index (χ1v) is 4.96. The second-order valence-electron chi connectivity index (χ2n) is 2.92. The van der Waals surface area contributed by atoms with Crippen LogP contribution in [0.5, 0.6) is 5.75 Å². The van der Waals surface area contributed by atoms with Gasteiger partial charge in [-0.2, -0.15) is 13.2 Å². The lowest BCUT2D eigenvalue weighted by Gasteiger charge is -2.11. The van der Waals surface area contributed by atoms with E-state index < -0.39 is 17.9 Å². The number of hydrogen-bond acceptors (Lipinski definition) is 2. The molecule has 0 aliphatic rings. The molecule has 17 heavy (non-hydrogen) atoms. The van der Waals surface area contributed by atoms with Crippen molar-refractivity contribution in [1.29, 1.82) is 0 Å². The molecule has 0 heterocycles. The summed E-state index contributed by atoms with van der Waals surface area (Å²) in [5.41, 5.74) is -0.231. The molecule has 0 radical (unpaired) electrons. The molecule has 0 saturated carbocycles. The van der Waals surface area contributed by atoms with Crippen molar-refractivity contribution in [2.75, 3.05) is 12.4 Å². The first kappa shape index (κ1) is 13.8. The van der Waals surface area contributed by atoms with Gasteiger partial charge in [-0.15, -0.1) is 0 Å². The van der Waals surface area contributed by atoms with Crippen molar-refractivity contribution < 1.29 is 27.1 Å². The van der Waals surface area contributed by atoms with E-state index in [-0.39, 0.29) is 15.9 Å². The maximum atomic E-state index is 13.1. The molecule has 94 valence electrons. The molecule has 0 unspecified atom stereocenters. The Bertz CT molecular complexity index is 447. The zero-order valence-electron chi connectivity index (χ0n) is 8.36. The Hall–Kier alpha value is -1.31. The summed E-state index contributed by atoms with van der Waals surface area (Å²) in [4.78, 5) is 10.7. The third-order valence-corrected chi connectivity index (χ3v) is 2.40. The molecule has 0 bridgehead atoms. The van der Waals surface area contributed by atoms with Gasteiger partial charge in [0, 0.05) is 10.5 Å². The van der Waals surface area contributed by atoms with Gasteiger partial charge in [0.1, 0.15) is 0 Å². The SMILES string of the molecule is COc1cc(NC(=O)C(F)(F)F)c(Br)cc1F. The van der Waals surface area contributed by atoms with Crippen LogP contribution < -0.4 is 10.1 Å². The van der Waals surface area contributed by atoms with Crippen LogP contribution in [-0.2, 0) is 4.79 Å². The standard InChI is InChI=1S/C9H6BrF4NO2/c1-17-7-3-6(4(10)2-5(7)11)15-8(16)9(12,13)14/h2-3H,1H3,(H,15,16). The largest absolute Gasteiger partial charge is 0.494 e. The molecular weight excluding hydrogens is 310 g/mol. The van der Waals surface area contributed by atoms with Gasteiger partial charge in [-0.3, -0.25) is 4.79 Å². The van der Waals surface area contributed by atoms with E-state index >= 15 is 0 Å². The molecular formula is C9H6BrF4NO2. The van der Waals surface area contributed by atoms with Gasteiger partial charge in [-0.25, -0.2) is 4.39 Å². The maximum absolute atomic E-state index is 13.1. The fourth-order valence-electron chi connectivity index (χ4n) is 0.975. The minimum absolute atomic E-state index is 0.0200. The third-order valence-electron chi connectivity index (χ3n) is 1.75. The van der Waals surface area contributed by atoms with Crippen LogP contribution in [0.1, 0.15) is 0 Å². The average molecular weight is 316 g/mol. The number of carbonyl (C=O) groups is 1. The predicted molar refractivity (Wildman–Crippen MR) is 55.3 cm³/mol. The highest BCUT2D eigenvalue weighted by atomic mass is 79.9. The summed E-state index contributed by atoms with van der Waals surface area (Å²) in [5, 5.41) is 1.59. The Kier molecular flexibility index (Phi) is 3.97. The molecule has 1 aromatic rings. The average Bonchev–Trinajstić information content (AvgIpc) is 2.20. The highest BCUT2D eigenvalue weighted by Gasteiger charge is 2.39. The van der Waals surface area contributed by atoms with E-state index in [1.165, 1.54) is 0 Å². The van der Waals surface area contributed by atoms with Gasteiger partial charge >= 0.3 is 12.1 Å². The van der Waals surface area contributed by atoms with Gasteiger partial charge in [0.25, 0.3) is 0 Å². The molecule has 8 heteroatoms. The summed E-state index contributed by atoms with van der Waals surface area (Å²) in [5.74, 6) is -3.18. The van der Waals surface area contributed by atoms with Crippen LogP contribution in [-0.4, -0.2) is 19.2 Å². The lowest BCUT2D eigenvalue weighted by Crippen LogP contribution is -2.30. The summed E-state index contributed by atoms with van der Waals surface area (Å²) >= 11 is 2.83. The third kappa shape index (κ3) is 3.32. The van der Waals surface area contributed by atoms with Crippen LogP contribution in [0.25, 0.3) is 0 Å². The molecule has 0 fully saturated rings. The van der Waals surface area contributed by atoms with E-state index in [1.807, 2.05) is 0 Å². The summed E-state index contributed by atoms with van der Waals surface area (Å²) in [7, 11) is 1.15. The molecule has 1 amide bonds. The topological polar surface area (TPSA) is 38.3 Å². The number of anilines is 1. The highest BCUT2D eigenvalue weighted by Crippen LogP contribution is 2.31. The van der Waals surface area contributed by atoms with Crippen LogP contribution in [0, 0.1) is 5.82 Å². The molecule has 0 aromatic heterocycles. The number of carbonyl (C=O) groups excluding carboxylic acids is 1. The van der Waals surface area contributed by atoms with Crippen molar-refractivity contribution in [3.63, 3.8) is 0 Å². The maximum Gasteiger partial charge on any atom is 0.471 e. The molecule has 0 spiro atoms. The Balaban J connectivity index is 3.03. The van der Waals surface area contributed by atoms with E-state index in [0.29, 0.717) is 0 Å². The monoisotopic (exact) mass is 315 g/mol. The van der Waals surface area contributed by atoms with Gasteiger partial charge < -0.3 is 10.1 Å². The predicted octanol–water partition coefficient (Wildman–Crippen LogP) is 3.10. The van der Waals surface area contributed by atoms with Crippen LogP contribution in [0.2, 0.25) is 0 Å². The van der Waals surface area contributed by atoms with Crippen molar-refractivity contribution in [1.82, 2.24) is 0 Å². The number of methoxy groups -OCH3 is 1. The minimum atomic E-state index is -5.01. The fourth-order valence-corrected chi connectivity index (χ4v) is 1.39. The molecule has 0 saturated heterocycles. The molecule has 1 rings (SSSR count). The van der Waals surface area contributed by atoms with E-state index in [2.05, 4.69) is 20.7 Å². The van der Waals surface area contributed by atoms with Gasteiger partial charge in [-0.05, 0) is 22.0 Å². The second-order valence-corrected chi connectivity index (χ2v) is 3.77. The zero-order valence-corrected chi connectivity index (χ0v) is 9.95.